The predicted molar refractivity (Wildman–Crippen MR) is 113 cm³/mol. The highest BCUT2D eigenvalue weighted by Crippen LogP contribution is 2.24. The SMILES string of the molecule is C[C@@H](NC(=O)c1cccc(S(=O)(=O)NC[C@H]2CCCO2)c1)c1cc2ccccc2o1. The average molecular weight is 429 g/mol. The first-order valence-corrected chi connectivity index (χ1v) is 11.4. The van der Waals surface area contributed by atoms with Crippen LogP contribution in [0, 0.1) is 0 Å². The zero-order valence-electron chi connectivity index (χ0n) is 16.6. The van der Waals surface area contributed by atoms with Gasteiger partial charge < -0.3 is 14.5 Å². The van der Waals surface area contributed by atoms with Crippen LogP contribution in [0.15, 0.2) is 63.9 Å². The summed E-state index contributed by atoms with van der Waals surface area (Å²) in [6.07, 6.45) is 1.67. The molecule has 4 rings (SSSR count). The molecule has 8 heteroatoms. The molecule has 7 nitrogen and oxygen atoms in total. The van der Waals surface area contributed by atoms with E-state index in [1.165, 1.54) is 12.1 Å². The summed E-state index contributed by atoms with van der Waals surface area (Å²) in [4.78, 5) is 12.7. The van der Waals surface area contributed by atoms with Crippen molar-refractivity contribution in [2.75, 3.05) is 13.2 Å². The molecular weight excluding hydrogens is 404 g/mol. The van der Waals surface area contributed by atoms with Crippen molar-refractivity contribution in [3.63, 3.8) is 0 Å². The molecule has 2 N–H and O–H groups in total. The molecule has 0 saturated carbocycles. The minimum Gasteiger partial charge on any atom is -0.459 e. The van der Waals surface area contributed by atoms with Crippen LogP contribution in [-0.2, 0) is 14.8 Å². The van der Waals surface area contributed by atoms with Crippen molar-refractivity contribution in [1.82, 2.24) is 10.0 Å². The second-order valence-corrected chi connectivity index (χ2v) is 9.16. The monoisotopic (exact) mass is 428 g/mol. The summed E-state index contributed by atoms with van der Waals surface area (Å²) in [6, 6.07) is 15.1. The molecule has 0 unspecified atom stereocenters. The van der Waals surface area contributed by atoms with E-state index in [1.807, 2.05) is 37.3 Å². The van der Waals surface area contributed by atoms with E-state index >= 15 is 0 Å². The van der Waals surface area contributed by atoms with Gasteiger partial charge in [0, 0.05) is 24.1 Å². The van der Waals surface area contributed by atoms with Gasteiger partial charge in [-0.25, -0.2) is 13.1 Å². The molecule has 2 atom stereocenters. The van der Waals surface area contributed by atoms with Crippen molar-refractivity contribution >= 4 is 26.9 Å². The van der Waals surface area contributed by atoms with E-state index in [4.69, 9.17) is 9.15 Å². The third-order valence-corrected chi connectivity index (χ3v) is 6.57. The van der Waals surface area contributed by atoms with Crippen LogP contribution in [-0.4, -0.2) is 33.6 Å². The second-order valence-electron chi connectivity index (χ2n) is 7.40. The zero-order valence-corrected chi connectivity index (χ0v) is 17.4. The highest BCUT2D eigenvalue weighted by molar-refractivity contribution is 7.89. The van der Waals surface area contributed by atoms with E-state index in [-0.39, 0.29) is 35.1 Å². The molecule has 1 aromatic heterocycles. The van der Waals surface area contributed by atoms with Gasteiger partial charge in [-0.15, -0.1) is 0 Å². The lowest BCUT2D eigenvalue weighted by Gasteiger charge is -2.13. The number of hydrogen-bond acceptors (Lipinski definition) is 5. The summed E-state index contributed by atoms with van der Waals surface area (Å²) < 4.78 is 39.0. The number of ether oxygens (including phenoxy) is 1. The van der Waals surface area contributed by atoms with Gasteiger partial charge in [0.25, 0.3) is 5.91 Å². The van der Waals surface area contributed by atoms with Crippen molar-refractivity contribution in [1.29, 1.82) is 0 Å². The Kier molecular flexibility index (Phi) is 5.90. The number of nitrogens with one attached hydrogen (secondary N) is 2. The zero-order chi connectivity index (χ0) is 21.1. The van der Waals surface area contributed by atoms with E-state index in [9.17, 15) is 13.2 Å². The Bertz CT molecular complexity index is 1120. The van der Waals surface area contributed by atoms with Crippen LogP contribution in [0.25, 0.3) is 11.0 Å². The minimum atomic E-state index is -3.73. The molecule has 30 heavy (non-hydrogen) atoms. The molecule has 3 aromatic rings. The van der Waals surface area contributed by atoms with Crippen molar-refractivity contribution < 1.29 is 22.4 Å². The lowest BCUT2D eigenvalue weighted by Crippen LogP contribution is -2.32. The van der Waals surface area contributed by atoms with Gasteiger partial charge in [-0.3, -0.25) is 4.79 Å². The normalized spacial score (nSPS) is 17.8. The number of carbonyl (C=O) groups excluding carboxylic acids is 1. The topological polar surface area (TPSA) is 97.6 Å². The highest BCUT2D eigenvalue weighted by Gasteiger charge is 2.22. The first kappa shape index (κ1) is 20.6. The lowest BCUT2D eigenvalue weighted by atomic mass is 10.1. The number of amides is 1. The summed E-state index contributed by atoms with van der Waals surface area (Å²) in [5.41, 5.74) is 1.01. The Morgan fingerprint density at radius 2 is 2.00 bits per heavy atom. The lowest BCUT2D eigenvalue weighted by molar-refractivity contribution is 0.0935. The van der Waals surface area contributed by atoms with E-state index < -0.39 is 10.0 Å². The number of benzene rings is 2. The summed E-state index contributed by atoms with van der Waals surface area (Å²) in [7, 11) is -3.73. The number of carbonyl (C=O) groups is 1. The van der Waals surface area contributed by atoms with Crippen LogP contribution < -0.4 is 10.0 Å². The van der Waals surface area contributed by atoms with Crippen molar-refractivity contribution in [3.05, 3.63) is 65.9 Å². The Balaban J connectivity index is 1.45. The average Bonchev–Trinajstić information content (AvgIpc) is 3.42. The summed E-state index contributed by atoms with van der Waals surface area (Å²) in [5, 5.41) is 3.82. The number of para-hydroxylation sites is 1. The maximum Gasteiger partial charge on any atom is 0.251 e. The molecule has 0 aliphatic carbocycles. The fourth-order valence-corrected chi connectivity index (χ4v) is 4.57. The smallest absolute Gasteiger partial charge is 0.251 e. The van der Waals surface area contributed by atoms with E-state index in [1.54, 1.807) is 12.1 Å². The van der Waals surface area contributed by atoms with Gasteiger partial charge in [0.1, 0.15) is 11.3 Å². The van der Waals surface area contributed by atoms with E-state index in [2.05, 4.69) is 10.0 Å². The van der Waals surface area contributed by atoms with Crippen molar-refractivity contribution in [3.8, 4) is 0 Å². The van der Waals surface area contributed by atoms with Gasteiger partial charge in [-0.2, -0.15) is 0 Å². The van der Waals surface area contributed by atoms with E-state index in [0.717, 1.165) is 23.8 Å². The molecule has 1 saturated heterocycles. The van der Waals surface area contributed by atoms with Crippen LogP contribution >= 0.6 is 0 Å². The number of hydrogen-bond donors (Lipinski definition) is 2. The third-order valence-electron chi connectivity index (χ3n) is 5.15. The molecule has 1 aliphatic rings. The maximum atomic E-state index is 12.7. The van der Waals surface area contributed by atoms with Crippen molar-refractivity contribution in [2.24, 2.45) is 0 Å². The minimum absolute atomic E-state index is 0.0459. The fraction of sp³-hybridized carbons (Fsp3) is 0.318. The molecule has 2 aromatic carbocycles. The molecule has 1 amide bonds. The Labute approximate surface area is 175 Å². The first-order valence-electron chi connectivity index (χ1n) is 9.93. The second kappa shape index (κ2) is 8.59. The van der Waals surface area contributed by atoms with Gasteiger partial charge in [0.15, 0.2) is 0 Å². The van der Waals surface area contributed by atoms with E-state index in [0.29, 0.717) is 12.4 Å². The Morgan fingerprint density at radius 3 is 2.77 bits per heavy atom. The summed E-state index contributed by atoms with van der Waals surface area (Å²) >= 11 is 0. The molecule has 1 fully saturated rings. The third kappa shape index (κ3) is 4.56. The van der Waals surface area contributed by atoms with Crippen LogP contribution in [0.1, 0.15) is 41.9 Å². The number of rotatable bonds is 7. The number of fused-ring (bicyclic) bond motifs is 1. The van der Waals surface area contributed by atoms with Gasteiger partial charge in [0.05, 0.1) is 17.0 Å². The Hall–Kier alpha value is -2.68. The molecule has 0 spiro atoms. The molecular formula is C22H24N2O5S. The van der Waals surface area contributed by atoms with Gasteiger partial charge in [-0.1, -0.05) is 24.3 Å². The number of furan rings is 1. The van der Waals surface area contributed by atoms with Crippen molar-refractivity contribution in [2.45, 2.75) is 36.8 Å². The molecule has 158 valence electrons. The molecule has 0 bridgehead atoms. The largest absolute Gasteiger partial charge is 0.459 e. The van der Waals surface area contributed by atoms with Crippen LogP contribution in [0.5, 0.6) is 0 Å². The maximum absolute atomic E-state index is 12.7. The van der Waals surface area contributed by atoms with Crippen LogP contribution in [0.2, 0.25) is 0 Å². The molecule has 0 radical (unpaired) electrons. The highest BCUT2D eigenvalue weighted by atomic mass is 32.2. The summed E-state index contributed by atoms with van der Waals surface area (Å²) in [6.45, 7) is 2.70. The standard InChI is InChI=1S/C22H24N2O5S/c1-15(21-13-16-6-2-3-10-20(16)29-21)24-22(25)17-7-4-9-19(12-17)30(26,27)23-14-18-8-5-11-28-18/h2-4,6-7,9-10,12-13,15,18,23H,5,8,11,14H2,1H3,(H,24,25)/t15-,18-/m1/s1. The molecule has 2 heterocycles. The fourth-order valence-electron chi connectivity index (χ4n) is 3.46. The predicted octanol–water partition coefficient (Wildman–Crippen LogP) is 3.38. The first-order chi connectivity index (χ1) is 14.4. The molecule has 1 aliphatic heterocycles. The quantitative estimate of drug-likeness (QED) is 0.601. The van der Waals surface area contributed by atoms with Crippen LogP contribution in [0.3, 0.4) is 0 Å². The van der Waals surface area contributed by atoms with Gasteiger partial charge in [-0.05, 0) is 50.1 Å². The summed E-state index contributed by atoms with van der Waals surface area (Å²) in [5.74, 6) is 0.255. The number of sulfonamides is 1. The van der Waals surface area contributed by atoms with Gasteiger partial charge in [0.2, 0.25) is 10.0 Å². The van der Waals surface area contributed by atoms with Gasteiger partial charge >= 0.3 is 0 Å². The van der Waals surface area contributed by atoms with Crippen LogP contribution in [0.4, 0.5) is 0 Å². The Morgan fingerprint density at radius 1 is 1.17 bits per heavy atom.